The Morgan fingerprint density at radius 3 is 2.45 bits per heavy atom. The third-order valence-corrected chi connectivity index (χ3v) is 9.04. The predicted octanol–water partition coefficient (Wildman–Crippen LogP) is 2.30. The second-order valence-electron chi connectivity index (χ2n) is 11.8. The summed E-state index contributed by atoms with van der Waals surface area (Å²) in [5.41, 5.74) is 0.251. The van der Waals surface area contributed by atoms with Crippen LogP contribution in [0.1, 0.15) is 36.9 Å². The highest BCUT2D eigenvalue weighted by molar-refractivity contribution is 6.00. The number of hydrogen-bond acceptors (Lipinski definition) is 7. The van der Waals surface area contributed by atoms with Crippen molar-refractivity contribution in [2.45, 2.75) is 56.1 Å². The minimum Gasteiger partial charge on any atom is -0.463 e. The van der Waals surface area contributed by atoms with Gasteiger partial charge in [-0.2, -0.15) is 0 Å². The van der Waals surface area contributed by atoms with E-state index in [2.05, 4.69) is 5.32 Å². The third kappa shape index (κ3) is 5.33. The summed E-state index contributed by atoms with van der Waals surface area (Å²) in [6.07, 6.45) is 6.78. The lowest BCUT2D eigenvalue weighted by Crippen LogP contribution is -2.57. The summed E-state index contributed by atoms with van der Waals surface area (Å²) in [6.45, 7) is 1.89. The van der Waals surface area contributed by atoms with Crippen molar-refractivity contribution in [1.29, 1.82) is 0 Å². The van der Waals surface area contributed by atoms with E-state index in [4.69, 9.17) is 9.47 Å². The summed E-state index contributed by atoms with van der Waals surface area (Å²) in [4.78, 5) is 58.6. The van der Waals surface area contributed by atoms with Crippen LogP contribution in [0.2, 0.25) is 0 Å². The molecule has 10 heteroatoms. The monoisotopic (exact) mass is 599 g/mol. The van der Waals surface area contributed by atoms with Gasteiger partial charge in [-0.25, -0.2) is 0 Å². The fraction of sp³-hybridized carbons (Fsp3) is 0.412. The van der Waals surface area contributed by atoms with Crippen LogP contribution in [0.15, 0.2) is 85.0 Å². The second kappa shape index (κ2) is 12.4. The highest BCUT2D eigenvalue weighted by Crippen LogP contribution is 2.53. The number of carbonyl (C=O) groups is 4. The van der Waals surface area contributed by atoms with Crippen molar-refractivity contribution in [2.24, 2.45) is 11.8 Å². The van der Waals surface area contributed by atoms with Crippen molar-refractivity contribution in [2.75, 3.05) is 19.8 Å². The number of nitrogens with zero attached hydrogens (tertiary/aromatic N) is 2. The first-order valence-electron chi connectivity index (χ1n) is 15.1. The smallest absolute Gasteiger partial charge is 0.306 e. The first-order valence-corrected chi connectivity index (χ1v) is 15.1. The van der Waals surface area contributed by atoms with E-state index in [1.165, 1.54) is 4.90 Å². The number of aliphatic hydroxyl groups is 1. The molecule has 10 nitrogen and oxygen atoms in total. The molecule has 1 spiro atoms. The van der Waals surface area contributed by atoms with E-state index < -0.39 is 53.5 Å². The van der Waals surface area contributed by atoms with Gasteiger partial charge in [0.25, 0.3) is 0 Å². The molecular weight excluding hydrogens is 562 g/mol. The lowest BCUT2D eigenvalue weighted by atomic mass is 9.77. The first kappa shape index (κ1) is 29.8. The Hall–Kier alpha value is -4.28. The van der Waals surface area contributed by atoms with Crippen molar-refractivity contribution in [3.05, 3.63) is 96.1 Å². The number of benzene rings is 2. The van der Waals surface area contributed by atoms with Crippen LogP contribution in [0.3, 0.4) is 0 Å². The molecule has 4 aliphatic rings. The van der Waals surface area contributed by atoms with E-state index in [1.54, 1.807) is 30.1 Å². The highest BCUT2D eigenvalue weighted by Gasteiger charge is 2.72. The van der Waals surface area contributed by atoms with Gasteiger partial charge in [-0.1, -0.05) is 85.0 Å². The molecule has 4 aliphatic heterocycles. The number of esters is 1. The van der Waals surface area contributed by atoms with E-state index in [-0.39, 0.29) is 31.5 Å². The maximum atomic E-state index is 14.4. The van der Waals surface area contributed by atoms with E-state index in [9.17, 15) is 24.3 Å². The number of hydrogen-bond donors (Lipinski definition) is 2. The van der Waals surface area contributed by atoms with Gasteiger partial charge in [0, 0.05) is 19.5 Å². The number of aliphatic hydroxyl groups excluding tert-OH is 1. The molecular formula is C34H37N3O7. The van der Waals surface area contributed by atoms with Crippen LogP contribution in [0.4, 0.5) is 0 Å². The minimum atomic E-state index is -1.44. The van der Waals surface area contributed by atoms with Gasteiger partial charge in [0.15, 0.2) is 0 Å². The number of rotatable bonds is 5. The fourth-order valence-electron chi connectivity index (χ4n) is 6.93. The van der Waals surface area contributed by atoms with Gasteiger partial charge in [-0.05, 0) is 24.5 Å². The van der Waals surface area contributed by atoms with Gasteiger partial charge in [-0.15, -0.1) is 0 Å². The van der Waals surface area contributed by atoms with Crippen LogP contribution in [0, 0.1) is 11.8 Å². The van der Waals surface area contributed by atoms with Crippen molar-refractivity contribution in [1.82, 2.24) is 15.1 Å². The zero-order chi connectivity index (χ0) is 30.8. The zero-order valence-electron chi connectivity index (χ0n) is 24.6. The second-order valence-corrected chi connectivity index (χ2v) is 11.8. The molecule has 4 heterocycles. The quantitative estimate of drug-likeness (QED) is 0.399. The lowest BCUT2D eigenvalue weighted by Gasteiger charge is -2.37. The predicted molar refractivity (Wildman–Crippen MR) is 159 cm³/mol. The van der Waals surface area contributed by atoms with Crippen LogP contribution >= 0.6 is 0 Å². The minimum absolute atomic E-state index is 0.0660. The molecule has 0 saturated carbocycles. The number of likely N-dealkylation sites (tertiary alicyclic amines) is 1. The number of fused-ring (bicyclic) bond motifs is 2. The van der Waals surface area contributed by atoms with Crippen LogP contribution in [-0.4, -0.2) is 82.1 Å². The number of nitrogens with one attached hydrogen (secondary N) is 1. The molecule has 230 valence electrons. The van der Waals surface area contributed by atoms with E-state index in [0.29, 0.717) is 19.5 Å². The molecule has 2 aromatic rings. The number of ether oxygens (including phenoxy) is 2. The largest absolute Gasteiger partial charge is 0.463 e. The fourth-order valence-corrected chi connectivity index (χ4v) is 6.93. The Kier molecular flexibility index (Phi) is 8.38. The molecule has 0 radical (unpaired) electrons. The Morgan fingerprint density at radius 1 is 1.00 bits per heavy atom. The Labute approximate surface area is 256 Å². The van der Waals surface area contributed by atoms with Crippen molar-refractivity contribution < 1.29 is 33.8 Å². The Bertz CT molecular complexity index is 1460. The van der Waals surface area contributed by atoms with Crippen molar-refractivity contribution >= 4 is 23.7 Å². The summed E-state index contributed by atoms with van der Waals surface area (Å²) < 4.78 is 12.2. The van der Waals surface area contributed by atoms with Crippen LogP contribution in [-0.2, 0) is 35.2 Å². The molecule has 2 saturated heterocycles. The molecule has 44 heavy (non-hydrogen) atoms. The van der Waals surface area contributed by atoms with Gasteiger partial charge in [0.05, 0.1) is 36.6 Å². The average molecular weight is 600 g/mol. The molecule has 2 N–H and O–H groups in total. The summed E-state index contributed by atoms with van der Waals surface area (Å²) in [7, 11) is 0. The molecule has 3 amide bonds. The molecule has 0 unspecified atom stereocenters. The van der Waals surface area contributed by atoms with Gasteiger partial charge in [0.2, 0.25) is 17.7 Å². The summed E-state index contributed by atoms with van der Waals surface area (Å²) in [5.74, 6) is -3.54. The van der Waals surface area contributed by atoms with Gasteiger partial charge < -0.3 is 29.7 Å². The Morgan fingerprint density at radius 2 is 1.73 bits per heavy atom. The first-order chi connectivity index (χ1) is 21.3. The van der Waals surface area contributed by atoms with Crippen LogP contribution in [0.25, 0.3) is 0 Å². The third-order valence-electron chi connectivity index (χ3n) is 9.04. The number of cyclic esters (lactones) is 1. The molecule has 0 aliphatic carbocycles. The van der Waals surface area contributed by atoms with Gasteiger partial charge in [-0.3, -0.25) is 19.2 Å². The number of carbonyl (C=O) groups excluding carboxylic acids is 4. The maximum absolute atomic E-state index is 14.4. The maximum Gasteiger partial charge on any atom is 0.306 e. The molecule has 6 rings (SSSR count). The number of allylic oxidation sites excluding steroid dienone is 1. The van der Waals surface area contributed by atoms with Crippen molar-refractivity contribution in [3.63, 3.8) is 0 Å². The topological polar surface area (TPSA) is 125 Å². The molecule has 0 aromatic heterocycles. The van der Waals surface area contributed by atoms with Crippen LogP contribution in [0.5, 0.6) is 0 Å². The average Bonchev–Trinajstić information content (AvgIpc) is 3.44. The highest BCUT2D eigenvalue weighted by atomic mass is 16.5. The molecule has 2 aromatic carbocycles. The van der Waals surface area contributed by atoms with Crippen LogP contribution < -0.4 is 5.32 Å². The van der Waals surface area contributed by atoms with E-state index >= 15 is 0 Å². The van der Waals surface area contributed by atoms with E-state index in [1.807, 2.05) is 66.7 Å². The van der Waals surface area contributed by atoms with Gasteiger partial charge >= 0.3 is 5.97 Å². The molecule has 0 bridgehead atoms. The summed E-state index contributed by atoms with van der Waals surface area (Å²) in [6, 6.07) is 16.4. The summed E-state index contributed by atoms with van der Waals surface area (Å²) >= 11 is 0. The molecule has 7 atom stereocenters. The normalized spacial score (nSPS) is 31.9. The molecule has 2 fully saturated rings. The van der Waals surface area contributed by atoms with Gasteiger partial charge in [0.1, 0.15) is 18.2 Å². The lowest BCUT2D eigenvalue weighted by molar-refractivity contribution is -0.150. The number of amides is 3. The standard InChI is InChI=1S/C34H37N3O7/c1-22(20-38)37-30-33(42)36(19-23-11-4-2-5-12-23)18-10-17-34(30)29(32(37)41)28-26(44-34)15-8-9-16-27(39)43-21-25(35-31(28)40)24-13-6-3-7-14-24/h2-8,10-15,17,22,25-26,28-30,38H,9,16,18-21H2,1H3,(H,35,40)/b15-8-/t22-,25-,26+,28-,29-,30+,34-/m1/s1. The zero-order valence-corrected chi connectivity index (χ0v) is 24.6. The summed E-state index contributed by atoms with van der Waals surface area (Å²) in [5, 5.41) is 13.2. The Balaban J connectivity index is 1.41. The SMILES string of the molecule is C[C@H](CO)N1C(=O)[C@H]2[C@@H]3C(=O)N[C@@H](c4ccccc4)COC(=O)CC/C=C\[C@@H]3O[C@]23C=CCN(Cc2ccccc2)C(=O)[C@H]13. The van der Waals surface area contributed by atoms with E-state index in [0.717, 1.165) is 11.1 Å². The van der Waals surface area contributed by atoms with Crippen molar-refractivity contribution in [3.8, 4) is 0 Å².